The van der Waals surface area contributed by atoms with Crippen LogP contribution in [0.1, 0.15) is 57.2 Å². The number of allylic oxidation sites excluding steroid dienone is 1. The first kappa shape index (κ1) is 14.8. The lowest BCUT2D eigenvalue weighted by atomic mass is 9.77. The van der Waals surface area contributed by atoms with Crippen molar-refractivity contribution in [3.05, 3.63) is 34.9 Å². The van der Waals surface area contributed by atoms with Crippen molar-refractivity contribution in [3.8, 4) is 5.75 Å². The summed E-state index contributed by atoms with van der Waals surface area (Å²) in [5.41, 5.74) is 3.32. The average molecular weight is 272 g/mol. The Kier molecular flexibility index (Phi) is 4.03. The number of rotatable bonds is 3. The molecule has 1 heterocycles. The lowest BCUT2D eigenvalue weighted by Crippen LogP contribution is -2.31. The van der Waals surface area contributed by atoms with Gasteiger partial charge < -0.3 is 4.74 Å². The van der Waals surface area contributed by atoms with Crippen molar-refractivity contribution in [3.63, 3.8) is 0 Å². The number of hydrogen-bond donors (Lipinski definition) is 0. The van der Waals surface area contributed by atoms with Gasteiger partial charge in [-0.25, -0.2) is 0 Å². The van der Waals surface area contributed by atoms with E-state index in [2.05, 4.69) is 52.8 Å². The van der Waals surface area contributed by atoms with E-state index in [-0.39, 0.29) is 11.4 Å². The van der Waals surface area contributed by atoms with Gasteiger partial charge in [-0.3, -0.25) is 4.79 Å². The summed E-state index contributed by atoms with van der Waals surface area (Å²) in [4.78, 5) is 11.7. The summed E-state index contributed by atoms with van der Waals surface area (Å²) in [6.07, 6.45) is 5.80. The SMILES string of the molecule is Cc1cc(/C=C\CC(C)C)cc2c1C(C)(C)CC(=O)O2. The number of carbonyl (C=O) groups is 1. The van der Waals surface area contributed by atoms with Crippen molar-refractivity contribution >= 4 is 12.0 Å². The van der Waals surface area contributed by atoms with Crippen LogP contribution in [0.25, 0.3) is 6.08 Å². The number of benzene rings is 1. The molecule has 0 bridgehead atoms. The second-order valence-electron chi connectivity index (χ2n) is 6.78. The standard InChI is InChI=1S/C18H24O2/c1-12(2)7-6-8-14-9-13(3)17-15(10-14)20-16(19)11-18(17,4)5/h6,8-10,12H,7,11H2,1-5H3/b8-6-. The van der Waals surface area contributed by atoms with E-state index in [1.807, 2.05) is 6.07 Å². The van der Waals surface area contributed by atoms with Crippen LogP contribution in [0.3, 0.4) is 0 Å². The fourth-order valence-corrected chi connectivity index (χ4v) is 2.91. The highest BCUT2D eigenvalue weighted by Gasteiger charge is 2.35. The van der Waals surface area contributed by atoms with Crippen LogP contribution in [0.15, 0.2) is 18.2 Å². The number of carbonyl (C=O) groups excluding carboxylic acids is 1. The molecule has 0 saturated heterocycles. The molecular formula is C18H24O2. The molecule has 1 aliphatic rings. The second-order valence-corrected chi connectivity index (χ2v) is 6.78. The van der Waals surface area contributed by atoms with Crippen LogP contribution in [0.2, 0.25) is 0 Å². The molecule has 0 saturated carbocycles. The summed E-state index contributed by atoms with van der Waals surface area (Å²) in [7, 11) is 0. The molecule has 2 rings (SSSR count). The third kappa shape index (κ3) is 3.12. The quantitative estimate of drug-likeness (QED) is 0.592. The van der Waals surface area contributed by atoms with Crippen LogP contribution >= 0.6 is 0 Å². The number of fused-ring (bicyclic) bond motifs is 1. The molecule has 0 atom stereocenters. The van der Waals surface area contributed by atoms with Gasteiger partial charge in [0, 0.05) is 11.0 Å². The third-order valence-corrected chi connectivity index (χ3v) is 3.73. The third-order valence-electron chi connectivity index (χ3n) is 3.73. The predicted molar refractivity (Wildman–Crippen MR) is 82.9 cm³/mol. The van der Waals surface area contributed by atoms with E-state index in [4.69, 9.17) is 4.74 Å². The molecule has 1 aliphatic heterocycles. The van der Waals surface area contributed by atoms with Crippen molar-refractivity contribution in [1.82, 2.24) is 0 Å². The first-order valence-electron chi connectivity index (χ1n) is 7.32. The fourth-order valence-electron chi connectivity index (χ4n) is 2.91. The molecule has 0 radical (unpaired) electrons. The summed E-state index contributed by atoms with van der Waals surface area (Å²) in [5, 5.41) is 0. The van der Waals surface area contributed by atoms with Crippen LogP contribution in [0.4, 0.5) is 0 Å². The van der Waals surface area contributed by atoms with E-state index in [0.29, 0.717) is 12.3 Å². The Morgan fingerprint density at radius 2 is 2.05 bits per heavy atom. The van der Waals surface area contributed by atoms with Crippen molar-refractivity contribution in [2.45, 2.75) is 52.9 Å². The van der Waals surface area contributed by atoms with Gasteiger partial charge in [0.05, 0.1) is 6.42 Å². The maximum Gasteiger partial charge on any atom is 0.312 e. The molecule has 0 aromatic heterocycles. The molecular weight excluding hydrogens is 248 g/mol. The monoisotopic (exact) mass is 272 g/mol. The number of aryl methyl sites for hydroxylation is 1. The Balaban J connectivity index is 2.38. The highest BCUT2D eigenvalue weighted by molar-refractivity contribution is 5.78. The zero-order chi connectivity index (χ0) is 14.9. The number of esters is 1. The van der Waals surface area contributed by atoms with Crippen LogP contribution in [0, 0.1) is 12.8 Å². The lowest BCUT2D eigenvalue weighted by molar-refractivity contribution is -0.136. The first-order valence-corrected chi connectivity index (χ1v) is 7.32. The Labute approximate surface area is 121 Å². The molecule has 20 heavy (non-hydrogen) atoms. The molecule has 2 heteroatoms. The smallest absolute Gasteiger partial charge is 0.312 e. The predicted octanol–water partition coefficient (Wildman–Crippen LogP) is 4.64. The minimum atomic E-state index is -0.144. The summed E-state index contributed by atoms with van der Waals surface area (Å²) in [6, 6.07) is 4.16. The molecule has 0 aliphatic carbocycles. The van der Waals surface area contributed by atoms with E-state index < -0.39 is 0 Å². The molecule has 1 aromatic carbocycles. The molecule has 2 nitrogen and oxygen atoms in total. The van der Waals surface area contributed by atoms with Crippen molar-refractivity contribution in [2.75, 3.05) is 0 Å². The maximum atomic E-state index is 11.7. The molecule has 0 unspecified atom stereocenters. The van der Waals surface area contributed by atoms with Gasteiger partial charge in [-0.05, 0) is 36.5 Å². The van der Waals surface area contributed by atoms with E-state index in [9.17, 15) is 4.79 Å². The Hall–Kier alpha value is -1.57. The minimum Gasteiger partial charge on any atom is -0.426 e. The van der Waals surface area contributed by atoms with Gasteiger partial charge >= 0.3 is 5.97 Å². The molecule has 0 amide bonds. The van der Waals surface area contributed by atoms with Gasteiger partial charge in [0.15, 0.2) is 0 Å². The van der Waals surface area contributed by atoms with Gasteiger partial charge in [0.25, 0.3) is 0 Å². The van der Waals surface area contributed by atoms with E-state index in [0.717, 1.165) is 23.3 Å². The Morgan fingerprint density at radius 3 is 2.70 bits per heavy atom. The van der Waals surface area contributed by atoms with E-state index in [1.54, 1.807) is 0 Å². The minimum absolute atomic E-state index is 0.134. The fraction of sp³-hybridized carbons (Fsp3) is 0.500. The van der Waals surface area contributed by atoms with Crippen molar-refractivity contribution in [1.29, 1.82) is 0 Å². The summed E-state index contributed by atoms with van der Waals surface area (Å²) in [5.74, 6) is 1.25. The summed E-state index contributed by atoms with van der Waals surface area (Å²) < 4.78 is 5.44. The van der Waals surface area contributed by atoms with Crippen molar-refractivity contribution in [2.24, 2.45) is 5.92 Å². The molecule has 0 fully saturated rings. The maximum absolute atomic E-state index is 11.7. The van der Waals surface area contributed by atoms with Gasteiger partial charge in [0.2, 0.25) is 0 Å². The highest BCUT2D eigenvalue weighted by atomic mass is 16.5. The zero-order valence-corrected chi connectivity index (χ0v) is 13.1. The van der Waals surface area contributed by atoms with Gasteiger partial charge in [0.1, 0.15) is 5.75 Å². The van der Waals surface area contributed by atoms with E-state index in [1.165, 1.54) is 5.56 Å². The second kappa shape index (κ2) is 5.43. The van der Waals surface area contributed by atoms with E-state index >= 15 is 0 Å². The number of ether oxygens (including phenoxy) is 1. The van der Waals surface area contributed by atoms with Crippen LogP contribution in [-0.4, -0.2) is 5.97 Å². The average Bonchev–Trinajstić information content (AvgIpc) is 2.24. The normalized spacial score (nSPS) is 17.4. The zero-order valence-electron chi connectivity index (χ0n) is 13.1. The Morgan fingerprint density at radius 1 is 1.35 bits per heavy atom. The molecule has 0 N–H and O–H groups in total. The molecule has 0 spiro atoms. The largest absolute Gasteiger partial charge is 0.426 e. The Bertz CT molecular complexity index is 551. The number of hydrogen-bond acceptors (Lipinski definition) is 2. The van der Waals surface area contributed by atoms with Gasteiger partial charge in [-0.2, -0.15) is 0 Å². The topological polar surface area (TPSA) is 26.3 Å². The first-order chi connectivity index (χ1) is 9.29. The molecule has 108 valence electrons. The van der Waals surface area contributed by atoms with Gasteiger partial charge in [-0.1, -0.05) is 45.9 Å². The molecule has 1 aromatic rings. The lowest BCUT2D eigenvalue weighted by Gasteiger charge is -2.32. The van der Waals surface area contributed by atoms with Gasteiger partial charge in [-0.15, -0.1) is 0 Å². The highest BCUT2D eigenvalue weighted by Crippen LogP contribution is 2.41. The van der Waals surface area contributed by atoms with Crippen LogP contribution in [0.5, 0.6) is 5.75 Å². The summed E-state index contributed by atoms with van der Waals surface area (Å²) >= 11 is 0. The van der Waals surface area contributed by atoms with Crippen LogP contribution < -0.4 is 4.74 Å². The van der Waals surface area contributed by atoms with Crippen LogP contribution in [-0.2, 0) is 10.2 Å². The van der Waals surface area contributed by atoms with Crippen molar-refractivity contribution < 1.29 is 9.53 Å². The summed E-state index contributed by atoms with van der Waals surface area (Å²) in [6.45, 7) is 10.7.